The number of aromatic nitrogens is 4. The molecule has 11 heteroatoms. The number of para-hydroxylation sites is 1. The fourth-order valence-electron chi connectivity index (χ4n) is 2.58. The molecule has 2 heterocycles. The highest BCUT2D eigenvalue weighted by molar-refractivity contribution is 7.99. The van der Waals surface area contributed by atoms with Crippen molar-refractivity contribution in [2.75, 3.05) is 11.1 Å². The molecule has 1 N–H and O–H groups in total. The van der Waals surface area contributed by atoms with E-state index in [-0.39, 0.29) is 23.2 Å². The lowest BCUT2D eigenvalue weighted by Crippen LogP contribution is -2.25. The van der Waals surface area contributed by atoms with Gasteiger partial charge in [-0.05, 0) is 41.1 Å². The van der Waals surface area contributed by atoms with Crippen molar-refractivity contribution in [2.45, 2.75) is 18.4 Å². The van der Waals surface area contributed by atoms with Gasteiger partial charge in [-0.25, -0.2) is 0 Å². The third kappa shape index (κ3) is 3.74. The van der Waals surface area contributed by atoms with Crippen molar-refractivity contribution in [1.29, 1.82) is 0 Å². The number of anilines is 1. The lowest BCUT2D eigenvalue weighted by molar-refractivity contribution is -0.286. The first-order valence-electron chi connectivity index (χ1n) is 8.08. The summed E-state index contributed by atoms with van der Waals surface area (Å²) in [6.07, 6.45) is -3.70. The Bertz CT molecular complexity index is 1040. The Morgan fingerprint density at radius 3 is 2.82 bits per heavy atom. The number of hydrogen-bond acceptors (Lipinski definition) is 7. The van der Waals surface area contributed by atoms with E-state index in [4.69, 9.17) is 0 Å². The molecule has 8 nitrogen and oxygen atoms in total. The minimum absolute atomic E-state index is 0.0247. The van der Waals surface area contributed by atoms with Crippen molar-refractivity contribution < 1.29 is 23.0 Å². The molecule has 144 valence electrons. The van der Waals surface area contributed by atoms with Crippen molar-refractivity contribution >= 4 is 23.4 Å². The molecule has 0 radical (unpaired) electrons. The molecule has 1 aliphatic heterocycles. The summed E-state index contributed by atoms with van der Waals surface area (Å²) in [5, 5.41) is 14.6. The van der Waals surface area contributed by atoms with Crippen LogP contribution in [0.3, 0.4) is 0 Å². The number of thioether (sulfide) groups is 1. The van der Waals surface area contributed by atoms with Gasteiger partial charge >= 0.3 is 6.29 Å². The zero-order chi connectivity index (χ0) is 19.7. The number of carbonyl (C=O) groups excluding carboxylic acids is 1. The molecule has 0 saturated heterocycles. The molecule has 0 saturated carbocycles. The van der Waals surface area contributed by atoms with E-state index in [1.807, 2.05) is 31.2 Å². The first kappa shape index (κ1) is 18.2. The van der Waals surface area contributed by atoms with E-state index in [0.29, 0.717) is 10.8 Å². The zero-order valence-electron chi connectivity index (χ0n) is 14.4. The van der Waals surface area contributed by atoms with Crippen molar-refractivity contribution in [3.05, 3.63) is 48.0 Å². The van der Waals surface area contributed by atoms with Crippen LogP contribution < -0.4 is 14.8 Å². The number of nitrogens with zero attached hydrogens (tertiary/aromatic N) is 4. The number of halogens is 2. The molecular formula is C17H13F2N5O3S. The Kier molecular flexibility index (Phi) is 4.59. The number of fused-ring (bicyclic) bond motifs is 1. The number of rotatable bonds is 5. The fourth-order valence-corrected chi connectivity index (χ4v) is 3.26. The Morgan fingerprint density at radius 1 is 1.21 bits per heavy atom. The SMILES string of the molecule is Cc1ccccc1-n1nnnc1SCC(=O)Nc1ccc2c(c1)OC(F)(F)O2. The molecule has 1 amide bonds. The summed E-state index contributed by atoms with van der Waals surface area (Å²) in [6, 6.07) is 11.6. The summed E-state index contributed by atoms with van der Waals surface area (Å²) in [6.45, 7) is 1.93. The molecule has 1 aliphatic rings. The topological polar surface area (TPSA) is 91.2 Å². The molecule has 2 aromatic carbocycles. The number of carbonyl (C=O) groups is 1. The quantitative estimate of drug-likeness (QED) is 0.653. The number of alkyl halides is 2. The fraction of sp³-hybridized carbons (Fsp3) is 0.176. The number of amides is 1. The molecule has 28 heavy (non-hydrogen) atoms. The maximum Gasteiger partial charge on any atom is 0.586 e. The van der Waals surface area contributed by atoms with Gasteiger partial charge in [0.05, 0.1) is 11.4 Å². The Hall–Kier alpha value is -3.21. The average Bonchev–Trinajstić information content (AvgIpc) is 3.22. The number of hydrogen-bond donors (Lipinski definition) is 1. The summed E-state index contributed by atoms with van der Waals surface area (Å²) in [4.78, 5) is 12.2. The summed E-state index contributed by atoms with van der Waals surface area (Å²) >= 11 is 1.15. The molecule has 1 aromatic heterocycles. The average molecular weight is 405 g/mol. The Labute approximate surface area is 161 Å². The molecule has 0 bridgehead atoms. The maximum absolute atomic E-state index is 13.1. The minimum Gasteiger partial charge on any atom is -0.395 e. The molecule has 0 fully saturated rings. The predicted octanol–water partition coefficient (Wildman–Crippen LogP) is 3.02. The van der Waals surface area contributed by atoms with Gasteiger partial charge in [0.1, 0.15) is 0 Å². The second-order valence-electron chi connectivity index (χ2n) is 5.83. The van der Waals surface area contributed by atoms with Gasteiger partial charge in [-0.2, -0.15) is 4.68 Å². The number of tetrazole rings is 1. The minimum atomic E-state index is -3.70. The van der Waals surface area contributed by atoms with E-state index in [1.54, 1.807) is 4.68 Å². The summed E-state index contributed by atoms with van der Waals surface area (Å²) < 4.78 is 36.4. The lowest BCUT2D eigenvalue weighted by Gasteiger charge is -2.08. The first-order chi connectivity index (χ1) is 13.4. The molecule has 3 aromatic rings. The second-order valence-corrected chi connectivity index (χ2v) is 6.77. The van der Waals surface area contributed by atoms with Crippen LogP contribution in [-0.2, 0) is 4.79 Å². The summed E-state index contributed by atoms with van der Waals surface area (Å²) in [7, 11) is 0. The third-order valence-electron chi connectivity index (χ3n) is 3.80. The van der Waals surface area contributed by atoms with Crippen LogP contribution in [0, 0.1) is 6.92 Å². The van der Waals surface area contributed by atoms with Gasteiger partial charge in [-0.15, -0.1) is 13.9 Å². The highest BCUT2D eigenvalue weighted by Gasteiger charge is 2.43. The van der Waals surface area contributed by atoms with Crippen molar-refractivity contribution in [2.24, 2.45) is 0 Å². The van der Waals surface area contributed by atoms with Crippen LogP contribution in [-0.4, -0.2) is 38.2 Å². The van der Waals surface area contributed by atoms with E-state index in [0.717, 1.165) is 23.0 Å². The number of nitrogens with one attached hydrogen (secondary N) is 1. The van der Waals surface area contributed by atoms with E-state index >= 15 is 0 Å². The smallest absolute Gasteiger partial charge is 0.395 e. The molecule has 0 atom stereocenters. The molecular weight excluding hydrogens is 392 g/mol. The van der Waals surface area contributed by atoms with Gasteiger partial charge in [-0.1, -0.05) is 30.0 Å². The lowest BCUT2D eigenvalue weighted by atomic mass is 10.2. The summed E-state index contributed by atoms with van der Waals surface area (Å²) in [5.74, 6) is -0.555. The monoisotopic (exact) mass is 405 g/mol. The van der Waals surface area contributed by atoms with Gasteiger partial charge in [0.2, 0.25) is 11.1 Å². The van der Waals surface area contributed by atoms with E-state index in [2.05, 4.69) is 30.3 Å². The van der Waals surface area contributed by atoms with Crippen molar-refractivity contribution in [1.82, 2.24) is 20.2 Å². The predicted molar refractivity (Wildman–Crippen MR) is 95.9 cm³/mol. The molecule has 4 rings (SSSR count). The van der Waals surface area contributed by atoms with Crippen molar-refractivity contribution in [3.8, 4) is 17.2 Å². The number of aryl methyl sites for hydroxylation is 1. The van der Waals surface area contributed by atoms with E-state index in [1.165, 1.54) is 18.2 Å². The third-order valence-corrected chi connectivity index (χ3v) is 4.72. The van der Waals surface area contributed by atoms with Crippen LogP contribution >= 0.6 is 11.8 Å². The Balaban J connectivity index is 1.40. The van der Waals surface area contributed by atoms with Crippen LogP contribution in [0.2, 0.25) is 0 Å². The van der Waals surface area contributed by atoms with Gasteiger partial charge in [-0.3, -0.25) is 4.79 Å². The van der Waals surface area contributed by atoms with Gasteiger partial charge in [0, 0.05) is 11.8 Å². The van der Waals surface area contributed by atoms with Gasteiger partial charge < -0.3 is 14.8 Å². The zero-order valence-corrected chi connectivity index (χ0v) is 15.2. The summed E-state index contributed by atoms with van der Waals surface area (Å²) in [5.41, 5.74) is 2.11. The van der Waals surface area contributed by atoms with Crippen LogP contribution in [0.4, 0.5) is 14.5 Å². The first-order valence-corrected chi connectivity index (χ1v) is 9.07. The normalized spacial score (nSPS) is 14.1. The van der Waals surface area contributed by atoms with Crippen molar-refractivity contribution in [3.63, 3.8) is 0 Å². The van der Waals surface area contributed by atoms with Gasteiger partial charge in [0.15, 0.2) is 11.5 Å². The highest BCUT2D eigenvalue weighted by Crippen LogP contribution is 2.42. The van der Waals surface area contributed by atoms with E-state index < -0.39 is 6.29 Å². The van der Waals surface area contributed by atoms with E-state index in [9.17, 15) is 13.6 Å². The van der Waals surface area contributed by atoms with Crippen LogP contribution in [0.15, 0.2) is 47.6 Å². The second kappa shape index (κ2) is 7.08. The van der Waals surface area contributed by atoms with Crippen LogP contribution in [0.5, 0.6) is 11.5 Å². The van der Waals surface area contributed by atoms with Crippen LogP contribution in [0.25, 0.3) is 5.69 Å². The molecule has 0 unspecified atom stereocenters. The van der Waals surface area contributed by atoms with Gasteiger partial charge in [0.25, 0.3) is 0 Å². The Morgan fingerprint density at radius 2 is 2.00 bits per heavy atom. The molecule has 0 spiro atoms. The maximum atomic E-state index is 13.1. The van der Waals surface area contributed by atoms with Crippen LogP contribution in [0.1, 0.15) is 5.56 Å². The number of ether oxygens (including phenoxy) is 2. The number of benzene rings is 2. The highest BCUT2D eigenvalue weighted by atomic mass is 32.2. The standard InChI is InChI=1S/C17H13F2N5O3S/c1-10-4-2-3-5-12(10)24-16(21-22-23-24)28-9-15(25)20-11-6-7-13-14(8-11)27-17(18,19)26-13/h2-8H,9H2,1H3,(H,20,25). The molecule has 0 aliphatic carbocycles. The largest absolute Gasteiger partial charge is 0.586 e.